The molecule has 2 aromatic rings. The lowest BCUT2D eigenvalue weighted by Crippen LogP contribution is -2.87. The fourth-order valence-electron chi connectivity index (χ4n) is 2.51. The summed E-state index contributed by atoms with van der Waals surface area (Å²) in [5.74, 6) is 0.0625. The molecule has 0 fully saturated rings. The monoisotopic (exact) mass is 331 g/mol. The molecule has 0 saturated heterocycles. The predicted octanol–water partition coefficient (Wildman–Crippen LogP) is 2.63. The minimum absolute atomic E-state index is 0.0625. The molecule has 122 valence electrons. The first-order valence-corrected chi connectivity index (χ1v) is 8.34. The van der Waals surface area contributed by atoms with Gasteiger partial charge in [0.1, 0.15) is 6.04 Å². The Balaban J connectivity index is 1.72. The van der Waals surface area contributed by atoms with Crippen molar-refractivity contribution in [3.63, 3.8) is 0 Å². The number of hydrogen-bond acceptors (Lipinski definition) is 1. The van der Waals surface area contributed by atoms with E-state index in [1.165, 1.54) is 11.1 Å². The normalized spacial score (nSPS) is 12.0. The lowest BCUT2D eigenvalue weighted by molar-refractivity contribution is -0.682. The van der Waals surface area contributed by atoms with E-state index in [0.717, 1.165) is 17.0 Å². The maximum atomic E-state index is 12.0. The molecule has 0 saturated carbocycles. The van der Waals surface area contributed by atoms with E-state index in [0.29, 0.717) is 13.1 Å². The Labute approximate surface area is 143 Å². The summed E-state index contributed by atoms with van der Waals surface area (Å²) in [7, 11) is 0. The van der Waals surface area contributed by atoms with E-state index in [2.05, 4.69) is 31.3 Å². The predicted molar refractivity (Wildman–Crippen MR) is 94.6 cm³/mol. The van der Waals surface area contributed by atoms with Crippen LogP contribution in [-0.4, -0.2) is 19.0 Å². The molecule has 1 atom stereocenters. The van der Waals surface area contributed by atoms with E-state index < -0.39 is 0 Å². The van der Waals surface area contributed by atoms with Crippen molar-refractivity contribution in [1.82, 2.24) is 5.32 Å². The molecule has 0 heterocycles. The third-order valence-electron chi connectivity index (χ3n) is 4.01. The Morgan fingerprint density at radius 3 is 2.74 bits per heavy atom. The molecule has 0 aliphatic carbocycles. The second-order valence-corrected chi connectivity index (χ2v) is 6.25. The Kier molecular flexibility index (Phi) is 6.63. The van der Waals surface area contributed by atoms with Gasteiger partial charge in [-0.05, 0) is 43.5 Å². The number of amides is 1. The fraction of sp³-hybridized carbons (Fsp3) is 0.316. The van der Waals surface area contributed by atoms with Crippen LogP contribution in [0.4, 0.5) is 0 Å². The first kappa shape index (κ1) is 17.5. The Morgan fingerprint density at radius 1 is 1.22 bits per heavy atom. The lowest BCUT2D eigenvalue weighted by atomic mass is 10.1. The van der Waals surface area contributed by atoms with Crippen molar-refractivity contribution in [2.24, 2.45) is 0 Å². The molecule has 2 aromatic carbocycles. The largest absolute Gasteiger partial charge is 0.351 e. The van der Waals surface area contributed by atoms with Gasteiger partial charge in [0.25, 0.3) is 5.91 Å². The minimum atomic E-state index is 0.0625. The molecule has 0 radical (unpaired) electrons. The second kappa shape index (κ2) is 8.70. The number of carbonyl (C=O) groups excluding carboxylic acids is 1. The molecule has 4 heteroatoms. The van der Waals surface area contributed by atoms with Crippen LogP contribution in [0.25, 0.3) is 0 Å². The zero-order valence-corrected chi connectivity index (χ0v) is 14.4. The topological polar surface area (TPSA) is 45.7 Å². The van der Waals surface area contributed by atoms with E-state index >= 15 is 0 Å². The Morgan fingerprint density at radius 2 is 2.00 bits per heavy atom. The molecular weight excluding hydrogens is 308 g/mol. The van der Waals surface area contributed by atoms with E-state index in [4.69, 9.17) is 11.6 Å². The zero-order chi connectivity index (χ0) is 16.7. The minimum Gasteiger partial charge on any atom is -0.351 e. The first-order valence-electron chi connectivity index (χ1n) is 7.96. The smallest absolute Gasteiger partial charge is 0.275 e. The summed E-state index contributed by atoms with van der Waals surface area (Å²) < 4.78 is 0. The van der Waals surface area contributed by atoms with Crippen LogP contribution < -0.4 is 10.6 Å². The van der Waals surface area contributed by atoms with Crippen molar-refractivity contribution in [2.45, 2.75) is 26.3 Å². The molecule has 0 aliphatic heterocycles. The van der Waals surface area contributed by atoms with Gasteiger partial charge in [-0.25, -0.2) is 0 Å². The van der Waals surface area contributed by atoms with Gasteiger partial charge in [0.15, 0.2) is 6.54 Å². The van der Waals surface area contributed by atoms with Crippen molar-refractivity contribution < 1.29 is 10.1 Å². The standard InChI is InChI=1S/C19H23ClN2O/c1-14-6-3-4-7-16(14)10-11-21-19(23)13-22-15(2)17-8-5-9-18(20)12-17/h3-9,12,15,22H,10-11,13H2,1-2H3,(H,21,23)/p+1/t15-/m0/s1. The molecular formula is C19H24ClN2O+. The van der Waals surface area contributed by atoms with Crippen LogP contribution in [0, 0.1) is 6.92 Å². The van der Waals surface area contributed by atoms with Crippen molar-refractivity contribution in [3.05, 3.63) is 70.2 Å². The van der Waals surface area contributed by atoms with E-state index in [1.807, 2.05) is 41.7 Å². The van der Waals surface area contributed by atoms with Crippen LogP contribution in [-0.2, 0) is 11.2 Å². The Bertz CT molecular complexity index is 657. The van der Waals surface area contributed by atoms with Crippen LogP contribution in [0.5, 0.6) is 0 Å². The molecule has 2 rings (SSSR count). The van der Waals surface area contributed by atoms with Gasteiger partial charge < -0.3 is 10.6 Å². The zero-order valence-electron chi connectivity index (χ0n) is 13.7. The van der Waals surface area contributed by atoms with Crippen LogP contribution in [0.1, 0.15) is 29.7 Å². The molecule has 0 unspecified atom stereocenters. The maximum Gasteiger partial charge on any atom is 0.275 e. The van der Waals surface area contributed by atoms with Crippen LogP contribution in [0.3, 0.4) is 0 Å². The molecule has 3 N–H and O–H groups in total. The molecule has 0 spiro atoms. The van der Waals surface area contributed by atoms with E-state index in [1.54, 1.807) is 0 Å². The van der Waals surface area contributed by atoms with Gasteiger partial charge in [0, 0.05) is 17.1 Å². The molecule has 0 bridgehead atoms. The van der Waals surface area contributed by atoms with Crippen molar-refractivity contribution in [3.8, 4) is 0 Å². The highest BCUT2D eigenvalue weighted by atomic mass is 35.5. The van der Waals surface area contributed by atoms with Gasteiger partial charge in [0.05, 0.1) is 0 Å². The highest BCUT2D eigenvalue weighted by Crippen LogP contribution is 2.14. The summed E-state index contributed by atoms with van der Waals surface area (Å²) in [5, 5.41) is 5.73. The lowest BCUT2D eigenvalue weighted by Gasteiger charge is -2.12. The number of halogens is 1. The average molecular weight is 332 g/mol. The summed E-state index contributed by atoms with van der Waals surface area (Å²) in [6.45, 7) is 5.26. The van der Waals surface area contributed by atoms with Crippen LogP contribution in [0.2, 0.25) is 5.02 Å². The highest BCUT2D eigenvalue weighted by Gasteiger charge is 2.11. The molecule has 1 amide bonds. The quantitative estimate of drug-likeness (QED) is 0.805. The Hall–Kier alpha value is -1.84. The number of benzene rings is 2. The molecule has 0 aromatic heterocycles. The summed E-state index contributed by atoms with van der Waals surface area (Å²) in [4.78, 5) is 12.0. The maximum absolute atomic E-state index is 12.0. The van der Waals surface area contributed by atoms with Crippen molar-refractivity contribution >= 4 is 17.5 Å². The van der Waals surface area contributed by atoms with Gasteiger partial charge in [-0.3, -0.25) is 4.79 Å². The van der Waals surface area contributed by atoms with Gasteiger partial charge in [-0.15, -0.1) is 0 Å². The average Bonchev–Trinajstić information content (AvgIpc) is 2.54. The summed E-state index contributed by atoms with van der Waals surface area (Å²) >= 11 is 6.00. The molecule has 23 heavy (non-hydrogen) atoms. The van der Waals surface area contributed by atoms with Gasteiger partial charge in [-0.1, -0.05) is 48.0 Å². The number of nitrogens with two attached hydrogens (primary N) is 1. The number of nitrogens with one attached hydrogen (secondary N) is 1. The molecule has 0 aliphatic rings. The van der Waals surface area contributed by atoms with Gasteiger partial charge >= 0.3 is 0 Å². The number of quaternary nitrogens is 1. The molecule has 3 nitrogen and oxygen atoms in total. The number of rotatable bonds is 7. The van der Waals surface area contributed by atoms with E-state index in [9.17, 15) is 4.79 Å². The fourth-order valence-corrected chi connectivity index (χ4v) is 2.71. The van der Waals surface area contributed by atoms with Crippen LogP contribution >= 0.6 is 11.6 Å². The summed E-state index contributed by atoms with van der Waals surface area (Å²) in [5.41, 5.74) is 3.68. The van der Waals surface area contributed by atoms with Gasteiger partial charge in [0.2, 0.25) is 0 Å². The third-order valence-corrected chi connectivity index (χ3v) is 4.24. The second-order valence-electron chi connectivity index (χ2n) is 5.81. The van der Waals surface area contributed by atoms with Crippen molar-refractivity contribution in [1.29, 1.82) is 0 Å². The van der Waals surface area contributed by atoms with Gasteiger partial charge in [-0.2, -0.15) is 0 Å². The number of aryl methyl sites for hydroxylation is 1. The number of carbonyl (C=O) groups is 1. The van der Waals surface area contributed by atoms with E-state index in [-0.39, 0.29) is 11.9 Å². The highest BCUT2D eigenvalue weighted by molar-refractivity contribution is 6.30. The number of hydrogen-bond donors (Lipinski definition) is 2. The summed E-state index contributed by atoms with van der Waals surface area (Å²) in [6.07, 6.45) is 0.863. The first-order chi connectivity index (χ1) is 11.1. The SMILES string of the molecule is Cc1ccccc1CCNC(=O)C[NH2+][C@@H](C)c1cccc(Cl)c1. The third kappa shape index (κ3) is 5.70. The van der Waals surface area contributed by atoms with Crippen LogP contribution in [0.15, 0.2) is 48.5 Å². The summed E-state index contributed by atoms with van der Waals surface area (Å²) in [6, 6.07) is 16.2. The van der Waals surface area contributed by atoms with Crippen molar-refractivity contribution in [2.75, 3.05) is 13.1 Å².